The maximum absolute atomic E-state index is 13.1. The standard InChI is InChI=1S/C28H29Cl2N5OS/c1-4-35-17(2)15-34(16-18(35)3)20-8-9-21(24(30)13-20)28(36)32-19-7-10-23(29)22(12-19)27-31-14-25(33-27)26-6-5-11-37-26/h5-14,17-18H,4,15-16H2,1-3H3,(H,31,33)(H,32,36)/t17-,18+. The molecule has 2 aromatic heterocycles. The molecule has 1 aliphatic heterocycles. The largest absolute Gasteiger partial charge is 0.368 e. The summed E-state index contributed by atoms with van der Waals surface area (Å²) in [6, 6.07) is 15.9. The van der Waals surface area contributed by atoms with Crippen molar-refractivity contribution in [2.75, 3.05) is 29.9 Å². The van der Waals surface area contributed by atoms with Crippen molar-refractivity contribution in [3.63, 3.8) is 0 Å². The molecule has 0 unspecified atom stereocenters. The topological polar surface area (TPSA) is 64.3 Å². The van der Waals surface area contributed by atoms with Crippen molar-refractivity contribution in [2.24, 2.45) is 0 Å². The van der Waals surface area contributed by atoms with Crippen molar-refractivity contribution in [1.29, 1.82) is 0 Å². The van der Waals surface area contributed by atoms with Gasteiger partial charge in [-0.15, -0.1) is 11.3 Å². The van der Waals surface area contributed by atoms with Crippen LogP contribution in [-0.2, 0) is 0 Å². The fourth-order valence-corrected chi connectivity index (χ4v) is 6.23. The maximum atomic E-state index is 13.1. The molecule has 2 atom stereocenters. The minimum atomic E-state index is -0.277. The first-order valence-corrected chi connectivity index (χ1v) is 14.0. The number of carbonyl (C=O) groups is 1. The molecule has 9 heteroatoms. The van der Waals surface area contributed by atoms with Crippen LogP contribution < -0.4 is 10.2 Å². The van der Waals surface area contributed by atoms with Crippen LogP contribution in [0.2, 0.25) is 10.0 Å². The normalized spacial score (nSPS) is 18.2. The number of hydrogen-bond acceptors (Lipinski definition) is 5. The lowest BCUT2D eigenvalue weighted by molar-refractivity contribution is 0.102. The van der Waals surface area contributed by atoms with E-state index in [-0.39, 0.29) is 5.91 Å². The Kier molecular flexibility index (Phi) is 7.58. The molecule has 2 aromatic carbocycles. The van der Waals surface area contributed by atoms with Crippen LogP contribution in [0.5, 0.6) is 0 Å². The summed E-state index contributed by atoms with van der Waals surface area (Å²) in [4.78, 5) is 26.9. The Morgan fingerprint density at radius 2 is 1.89 bits per heavy atom. The number of anilines is 2. The quantitative estimate of drug-likeness (QED) is 0.263. The van der Waals surface area contributed by atoms with Crippen LogP contribution in [0.25, 0.3) is 22.0 Å². The third-order valence-corrected chi connectivity index (χ3v) is 8.42. The van der Waals surface area contributed by atoms with Crippen LogP contribution >= 0.6 is 34.5 Å². The van der Waals surface area contributed by atoms with Gasteiger partial charge in [0.25, 0.3) is 5.91 Å². The Labute approximate surface area is 231 Å². The SMILES string of the molecule is CCN1[C@H](C)CN(c2ccc(C(=O)Nc3ccc(Cl)c(-c4ncc(-c5cccs5)[nH]4)c3)c(Cl)c2)C[C@@H]1C. The van der Waals surface area contributed by atoms with E-state index in [1.165, 1.54) is 0 Å². The summed E-state index contributed by atoms with van der Waals surface area (Å²) in [6.07, 6.45) is 1.79. The molecule has 0 radical (unpaired) electrons. The number of nitrogens with one attached hydrogen (secondary N) is 2. The molecule has 1 aliphatic rings. The zero-order valence-corrected chi connectivity index (χ0v) is 23.3. The van der Waals surface area contributed by atoms with E-state index in [0.717, 1.165) is 35.9 Å². The van der Waals surface area contributed by atoms with Crippen molar-refractivity contribution >= 4 is 51.8 Å². The average Bonchev–Trinajstić information content (AvgIpc) is 3.57. The lowest BCUT2D eigenvalue weighted by Gasteiger charge is -2.45. The van der Waals surface area contributed by atoms with Crippen LogP contribution in [0, 0.1) is 0 Å². The Morgan fingerprint density at radius 1 is 1.11 bits per heavy atom. The van der Waals surface area contributed by atoms with E-state index in [0.29, 0.717) is 44.8 Å². The Balaban J connectivity index is 1.32. The first-order chi connectivity index (χ1) is 17.8. The van der Waals surface area contributed by atoms with Gasteiger partial charge in [0.1, 0.15) is 5.82 Å². The van der Waals surface area contributed by atoms with Gasteiger partial charge in [-0.1, -0.05) is 36.2 Å². The lowest BCUT2D eigenvalue weighted by Crippen LogP contribution is -2.56. The molecule has 3 heterocycles. The van der Waals surface area contributed by atoms with E-state index in [1.807, 2.05) is 35.7 Å². The first-order valence-electron chi connectivity index (χ1n) is 12.3. The van der Waals surface area contributed by atoms with Crippen molar-refractivity contribution in [2.45, 2.75) is 32.9 Å². The average molecular weight is 555 g/mol. The molecule has 37 heavy (non-hydrogen) atoms. The van der Waals surface area contributed by atoms with Crippen LogP contribution in [-0.4, -0.2) is 52.5 Å². The minimum absolute atomic E-state index is 0.277. The number of halogens is 2. The van der Waals surface area contributed by atoms with Crippen molar-refractivity contribution in [3.05, 3.63) is 75.7 Å². The molecule has 0 aliphatic carbocycles. The summed E-state index contributed by atoms with van der Waals surface area (Å²) in [5, 5.41) is 5.94. The van der Waals surface area contributed by atoms with Crippen LogP contribution in [0.15, 0.2) is 60.1 Å². The van der Waals surface area contributed by atoms with Gasteiger partial charge < -0.3 is 15.2 Å². The second-order valence-corrected chi connectivity index (χ2v) is 11.1. The number of thiophene rings is 1. The second-order valence-electron chi connectivity index (χ2n) is 9.37. The Morgan fingerprint density at radius 3 is 2.57 bits per heavy atom. The van der Waals surface area contributed by atoms with E-state index in [4.69, 9.17) is 23.2 Å². The van der Waals surface area contributed by atoms with Gasteiger partial charge in [-0.3, -0.25) is 9.69 Å². The minimum Gasteiger partial charge on any atom is -0.368 e. The molecule has 192 valence electrons. The van der Waals surface area contributed by atoms with E-state index in [9.17, 15) is 4.79 Å². The van der Waals surface area contributed by atoms with Crippen molar-refractivity contribution in [1.82, 2.24) is 14.9 Å². The molecule has 0 spiro atoms. The summed E-state index contributed by atoms with van der Waals surface area (Å²) in [5.41, 5.74) is 3.69. The molecule has 0 bridgehead atoms. The maximum Gasteiger partial charge on any atom is 0.257 e. The van der Waals surface area contributed by atoms with Gasteiger partial charge in [0.05, 0.1) is 32.4 Å². The van der Waals surface area contributed by atoms with E-state index in [2.05, 4.69) is 45.9 Å². The molecular formula is C28H29Cl2N5OS. The zero-order valence-electron chi connectivity index (χ0n) is 21.0. The summed E-state index contributed by atoms with van der Waals surface area (Å²) in [7, 11) is 0. The predicted octanol–water partition coefficient (Wildman–Crippen LogP) is 7.28. The number of H-pyrrole nitrogens is 1. The number of imidazole rings is 1. The zero-order chi connectivity index (χ0) is 26.1. The number of carbonyl (C=O) groups excluding carboxylic acids is 1. The summed E-state index contributed by atoms with van der Waals surface area (Å²) in [6.45, 7) is 9.60. The van der Waals surface area contributed by atoms with Gasteiger partial charge in [-0.25, -0.2) is 4.98 Å². The van der Waals surface area contributed by atoms with E-state index in [1.54, 1.807) is 35.7 Å². The Bertz CT molecular complexity index is 1390. The number of piperazine rings is 1. The molecule has 1 saturated heterocycles. The smallest absolute Gasteiger partial charge is 0.257 e. The van der Waals surface area contributed by atoms with Crippen LogP contribution in [0.1, 0.15) is 31.1 Å². The highest BCUT2D eigenvalue weighted by atomic mass is 35.5. The fraction of sp³-hybridized carbons (Fsp3) is 0.286. The number of aromatic nitrogens is 2. The van der Waals surface area contributed by atoms with Gasteiger partial charge in [-0.2, -0.15) is 0 Å². The molecule has 2 N–H and O–H groups in total. The Hall–Kier alpha value is -2.84. The number of rotatable bonds is 6. The molecular weight excluding hydrogens is 525 g/mol. The predicted molar refractivity (Wildman–Crippen MR) is 155 cm³/mol. The van der Waals surface area contributed by atoms with Gasteiger partial charge in [0, 0.05) is 42.1 Å². The molecule has 4 aromatic rings. The molecule has 1 fully saturated rings. The van der Waals surface area contributed by atoms with Crippen LogP contribution in [0.4, 0.5) is 11.4 Å². The van der Waals surface area contributed by atoms with Gasteiger partial charge in [0.2, 0.25) is 0 Å². The summed E-state index contributed by atoms with van der Waals surface area (Å²) < 4.78 is 0. The monoisotopic (exact) mass is 553 g/mol. The molecule has 5 rings (SSSR count). The summed E-state index contributed by atoms with van der Waals surface area (Å²) in [5.74, 6) is 0.361. The molecule has 1 amide bonds. The number of amides is 1. The van der Waals surface area contributed by atoms with Crippen molar-refractivity contribution < 1.29 is 4.79 Å². The van der Waals surface area contributed by atoms with Crippen molar-refractivity contribution in [3.8, 4) is 22.0 Å². The van der Waals surface area contributed by atoms with E-state index >= 15 is 0 Å². The lowest BCUT2D eigenvalue weighted by atomic mass is 10.1. The number of aromatic amines is 1. The number of benzene rings is 2. The fourth-order valence-electron chi connectivity index (χ4n) is 5.07. The van der Waals surface area contributed by atoms with Crippen LogP contribution in [0.3, 0.4) is 0 Å². The second kappa shape index (κ2) is 10.9. The van der Waals surface area contributed by atoms with Gasteiger partial charge in [0.15, 0.2) is 0 Å². The highest BCUT2D eigenvalue weighted by Gasteiger charge is 2.28. The number of likely N-dealkylation sites (N-methyl/N-ethyl adjacent to an activating group) is 1. The third-order valence-electron chi connectivity index (χ3n) is 6.87. The summed E-state index contributed by atoms with van der Waals surface area (Å²) >= 11 is 14.7. The number of nitrogens with zero attached hydrogens (tertiary/aromatic N) is 3. The van der Waals surface area contributed by atoms with Gasteiger partial charge >= 0.3 is 0 Å². The van der Waals surface area contributed by atoms with Gasteiger partial charge in [-0.05, 0) is 68.2 Å². The van der Waals surface area contributed by atoms with E-state index < -0.39 is 0 Å². The highest BCUT2D eigenvalue weighted by molar-refractivity contribution is 7.13. The highest BCUT2D eigenvalue weighted by Crippen LogP contribution is 2.32. The molecule has 6 nitrogen and oxygen atoms in total. The number of hydrogen-bond donors (Lipinski definition) is 2. The molecule has 0 saturated carbocycles. The third kappa shape index (κ3) is 5.41. The first kappa shape index (κ1) is 25.8.